The van der Waals surface area contributed by atoms with E-state index in [0.29, 0.717) is 11.4 Å². The molecule has 8 heteroatoms. The molecule has 1 N–H and O–H groups in total. The zero-order chi connectivity index (χ0) is 17.0. The summed E-state index contributed by atoms with van der Waals surface area (Å²) in [5.41, 5.74) is 2.95. The Morgan fingerprint density at radius 2 is 1.83 bits per heavy atom. The van der Waals surface area contributed by atoms with Crippen molar-refractivity contribution in [1.29, 1.82) is 0 Å². The van der Waals surface area contributed by atoms with Crippen LogP contribution in [0.15, 0.2) is 53.4 Å². The highest BCUT2D eigenvalue weighted by Gasteiger charge is 2.26. The maximum Gasteiger partial charge on any atom is 0.390 e. The molecule has 0 spiro atoms. The van der Waals surface area contributed by atoms with Gasteiger partial charge in [0.25, 0.3) is 0 Å². The molecule has 0 aliphatic carbocycles. The quantitative estimate of drug-likeness (QED) is 0.759. The van der Waals surface area contributed by atoms with Crippen molar-refractivity contribution < 1.29 is 17.7 Å². The third kappa shape index (κ3) is 4.09. The Labute approximate surface area is 135 Å². The van der Waals surface area contributed by atoms with Crippen molar-refractivity contribution >= 4 is 5.95 Å². The number of halogens is 3. The number of hydrogen-bond acceptors (Lipinski definition) is 5. The summed E-state index contributed by atoms with van der Waals surface area (Å²) in [6.07, 6.45) is -2.17. The molecule has 0 radical (unpaired) electrons. The highest BCUT2D eigenvalue weighted by atomic mass is 19.4. The second-order valence-corrected chi connectivity index (χ2v) is 5.02. The Morgan fingerprint density at radius 3 is 2.54 bits per heavy atom. The van der Waals surface area contributed by atoms with E-state index in [4.69, 9.17) is 4.52 Å². The molecule has 124 valence electrons. The molecule has 2 heterocycles. The zero-order valence-electron chi connectivity index (χ0n) is 12.4. The molecule has 2 aromatic heterocycles. The van der Waals surface area contributed by atoms with Gasteiger partial charge in [0.15, 0.2) is 0 Å². The lowest BCUT2D eigenvalue weighted by molar-refractivity contribution is -0.131. The zero-order valence-corrected chi connectivity index (χ0v) is 12.4. The van der Waals surface area contributed by atoms with Gasteiger partial charge in [0.1, 0.15) is 12.0 Å². The molecule has 0 fully saturated rings. The molecule has 3 rings (SSSR count). The fourth-order valence-electron chi connectivity index (χ4n) is 2.12. The highest BCUT2D eigenvalue weighted by Crippen LogP contribution is 2.25. The van der Waals surface area contributed by atoms with Crippen molar-refractivity contribution in [1.82, 2.24) is 15.1 Å². The fourth-order valence-corrected chi connectivity index (χ4v) is 2.12. The van der Waals surface area contributed by atoms with Gasteiger partial charge in [-0.1, -0.05) is 23.4 Å². The second kappa shape index (κ2) is 6.69. The summed E-state index contributed by atoms with van der Waals surface area (Å²) < 4.78 is 41.4. The van der Waals surface area contributed by atoms with Crippen LogP contribution in [-0.4, -0.2) is 27.8 Å². The molecule has 1 aromatic carbocycles. The summed E-state index contributed by atoms with van der Waals surface area (Å²) in [5, 5.41) is 6.46. The van der Waals surface area contributed by atoms with E-state index in [9.17, 15) is 13.2 Å². The Hall–Kier alpha value is -2.90. The molecule has 0 saturated heterocycles. The van der Waals surface area contributed by atoms with Gasteiger partial charge in [-0.25, -0.2) is 9.97 Å². The Morgan fingerprint density at radius 1 is 1.04 bits per heavy atom. The largest absolute Gasteiger partial charge is 0.390 e. The number of hydrogen-bond donors (Lipinski definition) is 1. The standard InChI is InChI=1S/C16H13F3N4O/c17-16(18,19)6-8-21-15-20-7-4-13(22-15)11-2-1-3-12(10-11)14-5-9-24-23-14/h1-5,7,9-10H,6,8H2,(H,20,21,22). The predicted molar refractivity (Wildman–Crippen MR) is 82.1 cm³/mol. The van der Waals surface area contributed by atoms with E-state index < -0.39 is 12.6 Å². The molecule has 0 unspecified atom stereocenters. The van der Waals surface area contributed by atoms with Gasteiger partial charge in [0.05, 0.1) is 12.1 Å². The summed E-state index contributed by atoms with van der Waals surface area (Å²) in [4.78, 5) is 8.19. The number of nitrogens with one attached hydrogen (secondary N) is 1. The van der Waals surface area contributed by atoms with Crippen LogP contribution in [0.3, 0.4) is 0 Å². The van der Waals surface area contributed by atoms with E-state index in [-0.39, 0.29) is 12.5 Å². The van der Waals surface area contributed by atoms with Crippen LogP contribution in [0.25, 0.3) is 22.5 Å². The third-order valence-electron chi connectivity index (χ3n) is 3.24. The molecule has 24 heavy (non-hydrogen) atoms. The lowest BCUT2D eigenvalue weighted by Gasteiger charge is -2.09. The van der Waals surface area contributed by atoms with Crippen molar-refractivity contribution in [3.05, 3.63) is 48.9 Å². The van der Waals surface area contributed by atoms with Gasteiger partial charge in [-0.3, -0.25) is 0 Å². The number of alkyl halides is 3. The van der Waals surface area contributed by atoms with Crippen molar-refractivity contribution in [2.24, 2.45) is 0 Å². The lowest BCUT2D eigenvalue weighted by atomic mass is 10.1. The van der Waals surface area contributed by atoms with Crippen LogP contribution in [0.5, 0.6) is 0 Å². The van der Waals surface area contributed by atoms with E-state index in [2.05, 4.69) is 20.4 Å². The molecule has 5 nitrogen and oxygen atoms in total. The lowest BCUT2D eigenvalue weighted by Crippen LogP contribution is -2.15. The number of benzene rings is 1. The van der Waals surface area contributed by atoms with Crippen LogP contribution < -0.4 is 5.32 Å². The summed E-state index contributed by atoms with van der Waals surface area (Å²) in [7, 11) is 0. The predicted octanol–water partition coefficient (Wildman–Crippen LogP) is 4.16. The van der Waals surface area contributed by atoms with Gasteiger partial charge in [-0.15, -0.1) is 0 Å². The smallest absolute Gasteiger partial charge is 0.364 e. The Kier molecular flexibility index (Phi) is 4.45. The molecule has 0 saturated carbocycles. The van der Waals surface area contributed by atoms with Crippen molar-refractivity contribution in [2.45, 2.75) is 12.6 Å². The second-order valence-electron chi connectivity index (χ2n) is 5.02. The summed E-state index contributed by atoms with van der Waals surface area (Å²) >= 11 is 0. The fraction of sp³-hybridized carbons (Fsp3) is 0.188. The first-order chi connectivity index (χ1) is 11.5. The topological polar surface area (TPSA) is 63.8 Å². The van der Waals surface area contributed by atoms with Crippen LogP contribution in [0, 0.1) is 0 Å². The minimum absolute atomic E-state index is 0.156. The first-order valence-corrected chi connectivity index (χ1v) is 7.16. The molecule has 0 aliphatic rings. The summed E-state index contributed by atoms with van der Waals surface area (Å²) in [5.74, 6) is 0.156. The highest BCUT2D eigenvalue weighted by molar-refractivity contribution is 5.69. The average molecular weight is 334 g/mol. The molecule has 0 amide bonds. The van der Waals surface area contributed by atoms with Gasteiger partial charge >= 0.3 is 6.18 Å². The minimum atomic E-state index is -4.21. The summed E-state index contributed by atoms with van der Waals surface area (Å²) in [6.45, 7) is -0.272. The maximum atomic E-state index is 12.2. The van der Waals surface area contributed by atoms with Crippen LogP contribution in [0.4, 0.5) is 19.1 Å². The maximum absolute atomic E-state index is 12.2. The molecular weight excluding hydrogens is 321 g/mol. The normalized spacial score (nSPS) is 11.5. The van der Waals surface area contributed by atoms with Crippen LogP contribution in [0.2, 0.25) is 0 Å². The van der Waals surface area contributed by atoms with Gasteiger partial charge < -0.3 is 9.84 Å². The van der Waals surface area contributed by atoms with Gasteiger partial charge in [0, 0.05) is 29.9 Å². The SMILES string of the molecule is FC(F)(F)CCNc1nccc(-c2cccc(-c3ccon3)c2)n1. The molecule has 0 aliphatic heterocycles. The van der Waals surface area contributed by atoms with Gasteiger partial charge in [-0.05, 0) is 12.1 Å². The third-order valence-corrected chi connectivity index (χ3v) is 3.24. The van der Waals surface area contributed by atoms with Gasteiger partial charge in [0.2, 0.25) is 5.95 Å². The van der Waals surface area contributed by atoms with E-state index in [1.807, 2.05) is 24.3 Å². The van der Waals surface area contributed by atoms with E-state index in [1.54, 1.807) is 12.1 Å². The first-order valence-electron chi connectivity index (χ1n) is 7.16. The molecule has 0 bridgehead atoms. The van der Waals surface area contributed by atoms with Crippen LogP contribution in [0.1, 0.15) is 6.42 Å². The van der Waals surface area contributed by atoms with Gasteiger partial charge in [-0.2, -0.15) is 13.2 Å². The molecular formula is C16H13F3N4O. The monoisotopic (exact) mass is 334 g/mol. The van der Waals surface area contributed by atoms with Crippen molar-refractivity contribution in [3.63, 3.8) is 0 Å². The van der Waals surface area contributed by atoms with Crippen LogP contribution in [-0.2, 0) is 0 Å². The Bertz CT molecular complexity index is 803. The van der Waals surface area contributed by atoms with Crippen molar-refractivity contribution in [2.75, 3.05) is 11.9 Å². The number of rotatable bonds is 5. The first kappa shape index (κ1) is 16.0. The number of nitrogens with zero attached hydrogens (tertiary/aromatic N) is 3. The van der Waals surface area contributed by atoms with Crippen molar-refractivity contribution in [3.8, 4) is 22.5 Å². The number of anilines is 1. The summed E-state index contributed by atoms with van der Waals surface area (Å²) in [6, 6.07) is 10.9. The van der Waals surface area contributed by atoms with E-state index >= 15 is 0 Å². The molecule has 3 aromatic rings. The van der Waals surface area contributed by atoms with E-state index in [1.165, 1.54) is 12.5 Å². The minimum Gasteiger partial charge on any atom is -0.364 e. The Balaban J connectivity index is 1.78. The molecule has 0 atom stereocenters. The number of aromatic nitrogens is 3. The van der Waals surface area contributed by atoms with Crippen LogP contribution >= 0.6 is 0 Å². The van der Waals surface area contributed by atoms with E-state index in [0.717, 1.165) is 11.1 Å². The average Bonchev–Trinajstić information content (AvgIpc) is 3.09.